The van der Waals surface area contributed by atoms with E-state index < -0.39 is 19.7 Å². The van der Waals surface area contributed by atoms with Crippen LogP contribution in [0.25, 0.3) is 11.1 Å². The smallest absolute Gasteiger partial charge is 0.182 e. The van der Waals surface area contributed by atoms with E-state index in [9.17, 15) is 16.8 Å². The van der Waals surface area contributed by atoms with E-state index in [1.165, 1.54) is 0 Å². The molecule has 0 aliphatic heterocycles. The van der Waals surface area contributed by atoms with Crippen molar-refractivity contribution >= 4 is 44.9 Å². The SMILES string of the molecule is O=S(=O)(Cc1ccc(S)cc1)c1ccc(-c2ccc(S(=O)(=O)Cc3ccc(S)cc3)cc2)cc1. The van der Waals surface area contributed by atoms with Crippen molar-refractivity contribution < 1.29 is 16.8 Å². The van der Waals surface area contributed by atoms with E-state index >= 15 is 0 Å². The zero-order valence-electron chi connectivity index (χ0n) is 18.0. The standard InChI is InChI=1S/C26H22O4S4/c27-33(28,17-19-1-9-23(31)10-2-19)25-13-5-21(6-14-25)22-7-15-26(16-8-22)34(29,30)18-20-3-11-24(32)12-4-20/h1-16,31-32H,17-18H2. The van der Waals surface area contributed by atoms with Crippen LogP contribution in [0.2, 0.25) is 0 Å². The summed E-state index contributed by atoms with van der Waals surface area (Å²) in [4.78, 5) is 2.02. The Hall–Kier alpha value is -2.52. The second kappa shape index (κ2) is 10.00. The van der Waals surface area contributed by atoms with Gasteiger partial charge in [0.25, 0.3) is 0 Å². The number of hydrogen-bond donors (Lipinski definition) is 2. The highest BCUT2D eigenvalue weighted by atomic mass is 32.2. The van der Waals surface area contributed by atoms with Gasteiger partial charge < -0.3 is 0 Å². The molecule has 4 rings (SSSR count). The highest BCUT2D eigenvalue weighted by Gasteiger charge is 2.17. The molecule has 0 heterocycles. The fourth-order valence-corrected chi connectivity index (χ4v) is 6.49. The molecule has 174 valence electrons. The third-order valence-corrected chi connectivity index (χ3v) is 9.35. The first-order valence-corrected chi connectivity index (χ1v) is 14.5. The van der Waals surface area contributed by atoms with Crippen molar-refractivity contribution in [3.8, 4) is 11.1 Å². The van der Waals surface area contributed by atoms with Crippen LogP contribution in [0.4, 0.5) is 0 Å². The van der Waals surface area contributed by atoms with Crippen molar-refractivity contribution in [2.45, 2.75) is 31.1 Å². The van der Waals surface area contributed by atoms with E-state index in [-0.39, 0.29) is 21.3 Å². The molecule has 0 aliphatic rings. The van der Waals surface area contributed by atoms with Gasteiger partial charge in [0.1, 0.15) is 0 Å². The Morgan fingerprint density at radius 3 is 1.03 bits per heavy atom. The summed E-state index contributed by atoms with van der Waals surface area (Å²) in [5, 5.41) is 0. The molecule has 0 spiro atoms. The lowest BCUT2D eigenvalue weighted by Crippen LogP contribution is -2.05. The number of thiol groups is 2. The molecule has 4 aromatic carbocycles. The highest BCUT2D eigenvalue weighted by molar-refractivity contribution is 7.91. The van der Waals surface area contributed by atoms with Crippen molar-refractivity contribution in [3.63, 3.8) is 0 Å². The minimum atomic E-state index is -3.49. The Bertz CT molecular complexity index is 1370. The van der Waals surface area contributed by atoms with Gasteiger partial charge in [-0.25, -0.2) is 16.8 Å². The zero-order valence-corrected chi connectivity index (χ0v) is 21.4. The normalized spacial score (nSPS) is 11.9. The van der Waals surface area contributed by atoms with Crippen LogP contribution < -0.4 is 0 Å². The minimum absolute atomic E-state index is 0.0936. The molecule has 4 nitrogen and oxygen atoms in total. The van der Waals surface area contributed by atoms with Gasteiger partial charge in [0, 0.05) is 9.79 Å². The first kappa shape index (κ1) is 24.6. The molecule has 0 N–H and O–H groups in total. The highest BCUT2D eigenvalue weighted by Crippen LogP contribution is 2.26. The van der Waals surface area contributed by atoms with Crippen molar-refractivity contribution in [2.24, 2.45) is 0 Å². The predicted octanol–water partition coefficient (Wildman–Crippen LogP) is 5.88. The first-order chi connectivity index (χ1) is 16.1. The van der Waals surface area contributed by atoms with E-state index in [4.69, 9.17) is 0 Å². The molecule has 0 amide bonds. The van der Waals surface area contributed by atoms with Gasteiger partial charge in [0.2, 0.25) is 0 Å². The van der Waals surface area contributed by atoms with Gasteiger partial charge in [-0.3, -0.25) is 0 Å². The fraction of sp³-hybridized carbons (Fsp3) is 0.0769. The van der Waals surface area contributed by atoms with Crippen LogP contribution in [0.3, 0.4) is 0 Å². The summed E-state index contributed by atoms with van der Waals surface area (Å²) < 4.78 is 51.1. The van der Waals surface area contributed by atoms with Gasteiger partial charge >= 0.3 is 0 Å². The van der Waals surface area contributed by atoms with Gasteiger partial charge in [-0.1, -0.05) is 48.5 Å². The summed E-state index contributed by atoms with van der Waals surface area (Å²) in [6, 6.07) is 27.3. The molecule has 0 aliphatic carbocycles. The van der Waals surface area contributed by atoms with Crippen molar-refractivity contribution in [1.29, 1.82) is 0 Å². The molecule has 0 saturated heterocycles. The van der Waals surface area contributed by atoms with E-state index in [0.717, 1.165) is 20.9 Å². The van der Waals surface area contributed by atoms with Crippen molar-refractivity contribution in [2.75, 3.05) is 0 Å². The maximum absolute atomic E-state index is 12.8. The molecule has 34 heavy (non-hydrogen) atoms. The Labute approximate surface area is 211 Å². The Morgan fingerprint density at radius 1 is 0.441 bits per heavy atom. The second-order valence-electron chi connectivity index (χ2n) is 7.90. The summed E-state index contributed by atoms with van der Waals surface area (Å²) in [6.07, 6.45) is 0. The molecule has 0 bridgehead atoms. The molecule has 0 aromatic heterocycles. The molecular weight excluding hydrogens is 505 g/mol. The molecule has 0 atom stereocenters. The summed E-state index contributed by atoms with van der Waals surface area (Å²) >= 11 is 8.44. The Balaban J connectivity index is 1.49. The third-order valence-electron chi connectivity index (χ3n) is 5.35. The van der Waals surface area contributed by atoms with Gasteiger partial charge in [0.05, 0.1) is 21.3 Å². The summed E-state index contributed by atoms with van der Waals surface area (Å²) in [6.45, 7) is 0. The van der Waals surface area contributed by atoms with Gasteiger partial charge in [-0.2, -0.15) is 0 Å². The van der Waals surface area contributed by atoms with Crippen molar-refractivity contribution in [3.05, 3.63) is 108 Å². The molecular formula is C26H22O4S4. The molecule has 4 aromatic rings. The summed E-state index contributed by atoms with van der Waals surface area (Å²) in [5.41, 5.74) is 2.99. The first-order valence-electron chi connectivity index (χ1n) is 10.3. The van der Waals surface area contributed by atoms with Gasteiger partial charge in [-0.05, 0) is 70.8 Å². The topological polar surface area (TPSA) is 68.3 Å². The molecule has 8 heteroatoms. The number of rotatable bonds is 7. The molecule has 0 unspecified atom stereocenters. The van der Waals surface area contributed by atoms with Gasteiger partial charge in [-0.15, -0.1) is 25.3 Å². The van der Waals surface area contributed by atoms with E-state index in [2.05, 4.69) is 25.3 Å². The Morgan fingerprint density at radius 2 is 0.735 bits per heavy atom. The third kappa shape index (κ3) is 5.93. The van der Waals surface area contributed by atoms with Crippen LogP contribution in [0.15, 0.2) is 117 Å². The van der Waals surface area contributed by atoms with Crippen LogP contribution in [0.1, 0.15) is 11.1 Å². The Kier molecular flexibility index (Phi) is 7.23. The van der Waals surface area contributed by atoms with Crippen molar-refractivity contribution in [1.82, 2.24) is 0 Å². The summed E-state index contributed by atoms with van der Waals surface area (Å²) in [5.74, 6) is -0.187. The molecule has 0 saturated carbocycles. The maximum Gasteiger partial charge on any atom is 0.182 e. The summed E-state index contributed by atoms with van der Waals surface area (Å²) in [7, 11) is -6.99. The van der Waals surface area contributed by atoms with Gasteiger partial charge in [0.15, 0.2) is 19.7 Å². The van der Waals surface area contributed by atoms with Crippen LogP contribution in [-0.4, -0.2) is 16.8 Å². The van der Waals surface area contributed by atoms with Crippen LogP contribution in [0, 0.1) is 0 Å². The fourth-order valence-electron chi connectivity index (χ4n) is 3.50. The minimum Gasteiger partial charge on any atom is -0.223 e. The molecule has 0 radical (unpaired) electrons. The average molecular weight is 527 g/mol. The monoisotopic (exact) mass is 526 g/mol. The molecule has 0 fully saturated rings. The quantitative estimate of drug-likeness (QED) is 0.295. The van der Waals surface area contributed by atoms with E-state index in [1.54, 1.807) is 97.1 Å². The van der Waals surface area contributed by atoms with Crippen LogP contribution in [0.5, 0.6) is 0 Å². The van der Waals surface area contributed by atoms with E-state index in [0.29, 0.717) is 11.1 Å². The van der Waals surface area contributed by atoms with Crippen LogP contribution >= 0.6 is 25.3 Å². The number of sulfone groups is 2. The number of hydrogen-bond acceptors (Lipinski definition) is 6. The average Bonchev–Trinajstić information content (AvgIpc) is 2.82. The predicted molar refractivity (Wildman–Crippen MR) is 141 cm³/mol. The zero-order chi connectivity index (χ0) is 24.3. The lowest BCUT2D eigenvalue weighted by Gasteiger charge is -2.09. The van der Waals surface area contributed by atoms with E-state index in [1.807, 2.05) is 0 Å². The second-order valence-corrected chi connectivity index (χ2v) is 12.9. The lowest BCUT2D eigenvalue weighted by atomic mass is 10.1. The lowest BCUT2D eigenvalue weighted by molar-refractivity contribution is 0.593. The van der Waals surface area contributed by atoms with Crippen LogP contribution in [-0.2, 0) is 31.2 Å². The largest absolute Gasteiger partial charge is 0.223 e. The maximum atomic E-state index is 12.8. The number of benzene rings is 4.